The molecule has 2 unspecified atom stereocenters. The summed E-state index contributed by atoms with van der Waals surface area (Å²) in [5.74, 6) is 0.826. The fourth-order valence-corrected chi connectivity index (χ4v) is 2.74. The first-order chi connectivity index (χ1) is 8.92. The van der Waals surface area contributed by atoms with E-state index in [0.29, 0.717) is 5.92 Å². The van der Waals surface area contributed by atoms with Crippen molar-refractivity contribution in [3.05, 3.63) is 34.9 Å². The smallest absolute Gasteiger partial charge is 0.0477 e. The van der Waals surface area contributed by atoms with Crippen LogP contribution >= 0.6 is 0 Å². The number of aliphatic hydroxyl groups excluding tert-OH is 1. The van der Waals surface area contributed by atoms with Crippen LogP contribution in [0.15, 0.2) is 18.2 Å². The lowest BCUT2D eigenvalue weighted by atomic mass is 9.86. The molecular weight excluding hydrogens is 234 g/mol. The first kappa shape index (κ1) is 16.2. The summed E-state index contributed by atoms with van der Waals surface area (Å²) in [6.45, 7) is 9.01. The van der Waals surface area contributed by atoms with Crippen LogP contribution in [0, 0.1) is 12.8 Å². The first-order valence-electron chi connectivity index (χ1n) is 7.30. The van der Waals surface area contributed by atoms with Crippen LogP contribution in [0.25, 0.3) is 0 Å². The van der Waals surface area contributed by atoms with Crippen LogP contribution in [0.5, 0.6) is 0 Å². The highest BCUT2D eigenvalue weighted by Crippen LogP contribution is 2.33. The van der Waals surface area contributed by atoms with Crippen molar-refractivity contribution >= 4 is 0 Å². The predicted molar refractivity (Wildman–Crippen MR) is 82.6 cm³/mol. The van der Waals surface area contributed by atoms with E-state index < -0.39 is 0 Å². The molecule has 0 spiro atoms. The maximum Gasteiger partial charge on any atom is 0.0477 e. The third-order valence-corrected chi connectivity index (χ3v) is 4.05. The fraction of sp³-hybridized carbons (Fsp3) is 0.647. The second kappa shape index (κ2) is 7.06. The molecule has 0 fully saturated rings. The Bertz CT molecular complexity index is 394. The molecule has 0 aliphatic rings. The molecule has 1 rings (SSSR count). The summed E-state index contributed by atoms with van der Waals surface area (Å²) >= 11 is 0. The van der Waals surface area contributed by atoms with Gasteiger partial charge in [0, 0.05) is 18.6 Å². The van der Waals surface area contributed by atoms with Crippen LogP contribution in [-0.2, 0) is 0 Å². The Kier molecular flexibility index (Phi) is 6.02. The van der Waals surface area contributed by atoms with E-state index in [9.17, 15) is 5.11 Å². The van der Waals surface area contributed by atoms with Gasteiger partial charge in [0.25, 0.3) is 0 Å². The standard InChI is InChI=1S/C17H29NO/c1-7-14(11-19)17(18(5)6)16-10-15(12(2)3)9-8-13(16)4/h8-10,12,14,17,19H,7,11H2,1-6H3. The van der Waals surface area contributed by atoms with Gasteiger partial charge < -0.3 is 10.0 Å². The average molecular weight is 263 g/mol. The average Bonchev–Trinajstić information content (AvgIpc) is 2.36. The molecule has 1 aromatic carbocycles. The second-order valence-corrected chi connectivity index (χ2v) is 6.03. The third kappa shape index (κ3) is 3.80. The van der Waals surface area contributed by atoms with Gasteiger partial charge in [0.15, 0.2) is 0 Å². The fourth-order valence-electron chi connectivity index (χ4n) is 2.74. The molecule has 1 N–H and O–H groups in total. The number of benzene rings is 1. The Morgan fingerprint density at radius 3 is 2.26 bits per heavy atom. The summed E-state index contributed by atoms with van der Waals surface area (Å²) in [7, 11) is 4.20. The lowest BCUT2D eigenvalue weighted by Crippen LogP contribution is -2.30. The molecule has 0 aliphatic heterocycles. The van der Waals surface area contributed by atoms with Gasteiger partial charge in [0.2, 0.25) is 0 Å². The van der Waals surface area contributed by atoms with Crippen LogP contribution in [0.1, 0.15) is 55.8 Å². The van der Waals surface area contributed by atoms with Crippen molar-refractivity contribution in [3.8, 4) is 0 Å². The van der Waals surface area contributed by atoms with Crippen molar-refractivity contribution < 1.29 is 5.11 Å². The van der Waals surface area contributed by atoms with Crippen LogP contribution in [-0.4, -0.2) is 30.7 Å². The minimum Gasteiger partial charge on any atom is -0.396 e. The molecule has 1 aromatic rings. The van der Waals surface area contributed by atoms with E-state index in [0.717, 1.165) is 6.42 Å². The summed E-state index contributed by atoms with van der Waals surface area (Å²) < 4.78 is 0. The van der Waals surface area contributed by atoms with E-state index >= 15 is 0 Å². The van der Waals surface area contributed by atoms with Crippen molar-refractivity contribution in [3.63, 3.8) is 0 Å². The number of aliphatic hydroxyl groups is 1. The molecule has 0 radical (unpaired) electrons. The molecule has 2 heteroatoms. The van der Waals surface area contributed by atoms with Crippen LogP contribution in [0.2, 0.25) is 0 Å². The highest BCUT2D eigenvalue weighted by Gasteiger charge is 2.25. The number of nitrogens with zero attached hydrogens (tertiary/aromatic N) is 1. The summed E-state index contributed by atoms with van der Waals surface area (Å²) in [5.41, 5.74) is 4.05. The van der Waals surface area contributed by atoms with Gasteiger partial charge in [0.05, 0.1) is 0 Å². The lowest BCUT2D eigenvalue weighted by Gasteiger charge is -2.33. The maximum absolute atomic E-state index is 9.65. The minimum absolute atomic E-state index is 0.241. The molecule has 108 valence electrons. The summed E-state index contributed by atoms with van der Waals surface area (Å²) in [5, 5.41) is 9.65. The monoisotopic (exact) mass is 263 g/mol. The SMILES string of the molecule is CCC(CO)C(c1cc(C(C)C)ccc1C)N(C)C. The Balaban J connectivity index is 3.25. The van der Waals surface area contributed by atoms with Gasteiger partial charge in [-0.25, -0.2) is 0 Å². The molecule has 0 heterocycles. The Morgan fingerprint density at radius 1 is 1.21 bits per heavy atom. The largest absolute Gasteiger partial charge is 0.396 e. The Morgan fingerprint density at radius 2 is 1.84 bits per heavy atom. The van der Waals surface area contributed by atoms with E-state index in [1.807, 2.05) is 0 Å². The molecule has 2 atom stereocenters. The quantitative estimate of drug-likeness (QED) is 0.845. The molecule has 19 heavy (non-hydrogen) atoms. The first-order valence-corrected chi connectivity index (χ1v) is 7.30. The van der Waals surface area contributed by atoms with Crippen LogP contribution in [0.4, 0.5) is 0 Å². The zero-order chi connectivity index (χ0) is 14.6. The number of rotatable bonds is 6. The summed E-state index contributed by atoms with van der Waals surface area (Å²) in [4.78, 5) is 2.23. The second-order valence-electron chi connectivity index (χ2n) is 6.03. The topological polar surface area (TPSA) is 23.5 Å². The van der Waals surface area contributed by atoms with Crippen molar-refractivity contribution in [1.82, 2.24) is 4.90 Å². The molecule has 0 bridgehead atoms. The van der Waals surface area contributed by atoms with E-state index in [1.54, 1.807) is 0 Å². The van der Waals surface area contributed by atoms with Crippen molar-refractivity contribution in [2.45, 2.75) is 46.1 Å². The van der Waals surface area contributed by atoms with Crippen molar-refractivity contribution in [2.75, 3.05) is 20.7 Å². The lowest BCUT2D eigenvalue weighted by molar-refractivity contribution is 0.130. The summed E-state index contributed by atoms with van der Waals surface area (Å²) in [6, 6.07) is 7.04. The number of hydrogen-bond acceptors (Lipinski definition) is 2. The van der Waals surface area contributed by atoms with Gasteiger partial charge in [0.1, 0.15) is 0 Å². The predicted octanol–water partition coefficient (Wildman–Crippen LogP) is 3.74. The zero-order valence-corrected chi connectivity index (χ0v) is 13.3. The van der Waals surface area contributed by atoms with Crippen molar-refractivity contribution in [2.24, 2.45) is 5.92 Å². The molecule has 0 aliphatic carbocycles. The van der Waals surface area contributed by atoms with Crippen LogP contribution in [0.3, 0.4) is 0 Å². The summed E-state index contributed by atoms with van der Waals surface area (Å²) in [6.07, 6.45) is 0.991. The number of aryl methyl sites for hydroxylation is 1. The van der Waals surface area contributed by atoms with Gasteiger partial charge >= 0.3 is 0 Å². The molecule has 2 nitrogen and oxygen atoms in total. The molecule has 0 aromatic heterocycles. The van der Waals surface area contributed by atoms with Crippen molar-refractivity contribution in [1.29, 1.82) is 0 Å². The Hall–Kier alpha value is -0.860. The van der Waals surface area contributed by atoms with Gasteiger partial charge in [-0.2, -0.15) is 0 Å². The van der Waals surface area contributed by atoms with Gasteiger partial charge in [-0.1, -0.05) is 39.0 Å². The number of hydrogen-bond donors (Lipinski definition) is 1. The third-order valence-electron chi connectivity index (χ3n) is 4.05. The van der Waals surface area contributed by atoms with E-state index in [1.165, 1.54) is 16.7 Å². The van der Waals surface area contributed by atoms with Gasteiger partial charge in [-0.05, 0) is 50.0 Å². The van der Waals surface area contributed by atoms with E-state index in [-0.39, 0.29) is 18.6 Å². The van der Waals surface area contributed by atoms with E-state index in [4.69, 9.17) is 0 Å². The van der Waals surface area contributed by atoms with Crippen LogP contribution < -0.4 is 0 Å². The highest BCUT2D eigenvalue weighted by atomic mass is 16.3. The van der Waals surface area contributed by atoms with E-state index in [2.05, 4.69) is 64.9 Å². The normalized spacial score (nSPS) is 15.0. The minimum atomic E-state index is 0.241. The highest BCUT2D eigenvalue weighted by molar-refractivity contribution is 5.35. The van der Waals surface area contributed by atoms with Gasteiger partial charge in [-0.15, -0.1) is 0 Å². The molecule has 0 saturated carbocycles. The Labute approximate surface area is 118 Å². The maximum atomic E-state index is 9.65. The molecular formula is C17H29NO. The molecule has 0 saturated heterocycles. The molecule has 0 amide bonds. The van der Waals surface area contributed by atoms with Gasteiger partial charge in [-0.3, -0.25) is 0 Å². The zero-order valence-electron chi connectivity index (χ0n) is 13.3.